The van der Waals surface area contributed by atoms with Gasteiger partial charge in [0.25, 0.3) is 0 Å². The van der Waals surface area contributed by atoms with Crippen LogP contribution in [0.1, 0.15) is 219 Å². The van der Waals surface area contributed by atoms with Gasteiger partial charge in [-0.05, 0) is 42.7 Å². The van der Waals surface area contributed by atoms with Gasteiger partial charge in [0.15, 0.2) is 5.82 Å². The number of para-hydroxylation sites is 1. The molecule has 0 bridgehead atoms. The lowest BCUT2D eigenvalue weighted by atomic mass is 10.0. The van der Waals surface area contributed by atoms with Crippen LogP contribution < -0.4 is 10.6 Å². The molecule has 52 heavy (non-hydrogen) atoms. The summed E-state index contributed by atoms with van der Waals surface area (Å²) in [6, 6.07) is 9.84. The van der Waals surface area contributed by atoms with E-state index in [0.29, 0.717) is 0 Å². The summed E-state index contributed by atoms with van der Waals surface area (Å²) in [6.45, 7) is 4.59. The first-order chi connectivity index (χ1) is 25.8. The highest BCUT2D eigenvalue weighted by Gasteiger charge is 2.25. The van der Waals surface area contributed by atoms with Gasteiger partial charge in [0.05, 0.1) is 16.8 Å². The van der Waals surface area contributed by atoms with Crippen LogP contribution in [0.25, 0.3) is 0 Å². The lowest BCUT2D eigenvalue weighted by molar-refractivity contribution is 0.241. The van der Waals surface area contributed by atoms with Gasteiger partial charge in [-0.1, -0.05) is 225 Å². The highest BCUT2D eigenvalue weighted by Crippen LogP contribution is 2.32. The van der Waals surface area contributed by atoms with Crippen molar-refractivity contribution in [2.24, 2.45) is 5.10 Å². The van der Waals surface area contributed by atoms with E-state index in [1.54, 1.807) is 11.9 Å². The number of unbranched alkanes of at least 4 members (excludes halogenated alkanes) is 30. The standard InChI is InChI=1S/C45H82N4OS2/c1-3-5-7-9-11-13-15-17-19-21-23-25-27-29-31-36-40-51-44-42-46-47-49(45(44)48(50)43-38-34-33-35-39-43)52-41-37-32-30-28-26-24-22-20-18-16-14-12-10-8-6-4-2/h33-35,38-39,42,47,50H,3-32,36-37,40-41H2,1-2H3. The second-order valence-electron chi connectivity index (χ2n) is 15.3. The van der Waals surface area contributed by atoms with Gasteiger partial charge in [0.2, 0.25) is 0 Å². The van der Waals surface area contributed by atoms with Crippen LogP contribution in [0.15, 0.2) is 46.2 Å². The first-order valence-corrected chi connectivity index (χ1v) is 24.3. The van der Waals surface area contributed by atoms with Crippen molar-refractivity contribution in [1.82, 2.24) is 9.95 Å². The molecular formula is C45H82N4OS2. The molecule has 300 valence electrons. The van der Waals surface area contributed by atoms with E-state index in [1.165, 1.54) is 211 Å². The lowest BCUT2D eigenvalue weighted by Gasteiger charge is -2.33. The molecule has 5 nitrogen and oxygen atoms in total. The molecule has 1 aromatic rings. The molecule has 1 aliphatic rings. The molecule has 0 unspecified atom stereocenters. The second kappa shape index (κ2) is 35.4. The van der Waals surface area contributed by atoms with Crippen molar-refractivity contribution in [2.45, 2.75) is 219 Å². The Bertz CT molecular complexity index is 975. The summed E-state index contributed by atoms with van der Waals surface area (Å²) >= 11 is 3.54. The van der Waals surface area contributed by atoms with Crippen LogP contribution in [0, 0.1) is 0 Å². The Balaban J connectivity index is 1.57. The molecule has 0 spiro atoms. The Morgan fingerprint density at radius 1 is 0.519 bits per heavy atom. The maximum absolute atomic E-state index is 11.4. The van der Waals surface area contributed by atoms with Crippen molar-refractivity contribution >= 4 is 35.6 Å². The van der Waals surface area contributed by atoms with Crippen LogP contribution in [0.2, 0.25) is 0 Å². The van der Waals surface area contributed by atoms with Gasteiger partial charge in [0.1, 0.15) is 0 Å². The number of anilines is 1. The molecule has 0 fully saturated rings. The summed E-state index contributed by atoms with van der Waals surface area (Å²) in [5.74, 6) is 2.82. The summed E-state index contributed by atoms with van der Waals surface area (Å²) in [4.78, 5) is 1.02. The molecule has 7 heteroatoms. The Morgan fingerprint density at radius 3 is 1.29 bits per heavy atom. The van der Waals surface area contributed by atoms with Crippen LogP contribution in [0.3, 0.4) is 0 Å². The number of hydrazine groups is 1. The van der Waals surface area contributed by atoms with Crippen molar-refractivity contribution in [1.29, 1.82) is 0 Å². The van der Waals surface area contributed by atoms with E-state index in [-0.39, 0.29) is 0 Å². The van der Waals surface area contributed by atoms with Gasteiger partial charge in [-0.3, -0.25) is 5.21 Å². The average Bonchev–Trinajstić information content (AvgIpc) is 3.17. The molecule has 1 aromatic carbocycles. The number of nitrogens with zero attached hydrogens (tertiary/aromatic N) is 3. The zero-order valence-corrected chi connectivity index (χ0v) is 35.7. The summed E-state index contributed by atoms with van der Waals surface area (Å²) in [5.41, 5.74) is 3.92. The van der Waals surface area contributed by atoms with E-state index >= 15 is 0 Å². The molecule has 0 amide bonds. The number of allylic oxidation sites excluding steroid dienone is 1. The van der Waals surface area contributed by atoms with Crippen molar-refractivity contribution in [3.63, 3.8) is 0 Å². The topological polar surface area (TPSA) is 51.1 Å². The monoisotopic (exact) mass is 759 g/mol. The zero-order chi connectivity index (χ0) is 37.0. The molecule has 0 radical (unpaired) electrons. The second-order valence-corrected chi connectivity index (χ2v) is 17.4. The van der Waals surface area contributed by atoms with Gasteiger partial charge in [0, 0.05) is 5.75 Å². The number of benzene rings is 1. The lowest BCUT2D eigenvalue weighted by Crippen LogP contribution is -2.39. The Hall–Kier alpha value is -1.31. The maximum atomic E-state index is 11.4. The minimum absolute atomic E-state index is 0.767. The van der Waals surface area contributed by atoms with Crippen LogP contribution in [0.5, 0.6) is 0 Å². The highest BCUT2D eigenvalue weighted by molar-refractivity contribution is 8.04. The molecule has 1 aliphatic heterocycles. The summed E-state index contributed by atoms with van der Waals surface area (Å²) < 4.78 is 1.97. The minimum Gasteiger partial charge on any atom is -0.282 e. The third-order valence-corrected chi connectivity index (χ3v) is 12.5. The zero-order valence-electron chi connectivity index (χ0n) is 34.1. The number of thioether (sulfide) groups is 1. The first kappa shape index (κ1) is 46.8. The van der Waals surface area contributed by atoms with E-state index in [4.69, 9.17) is 0 Å². The number of rotatable bonds is 38. The van der Waals surface area contributed by atoms with Crippen LogP contribution in [-0.4, -0.2) is 27.3 Å². The minimum atomic E-state index is 0.767. The third-order valence-electron chi connectivity index (χ3n) is 10.4. The molecule has 2 N–H and O–H groups in total. The molecule has 0 saturated heterocycles. The fraction of sp³-hybridized carbons (Fsp3) is 0.800. The van der Waals surface area contributed by atoms with E-state index in [0.717, 1.165) is 27.9 Å². The largest absolute Gasteiger partial charge is 0.282 e. The number of hydroxylamine groups is 1. The molecule has 0 aromatic heterocycles. The molecule has 0 aliphatic carbocycles. The Morgan fingerprint density at radius 2 is 0.885 bits per heavy atom. The normalized spacial score (nSPS) is 12.9. The van der Waals surface area contributed by atoms with Crippen LogP contribution in [0.4, 0.5) is 5.69 Å². The predicted molar refractivity (Wildman–Crippen MR) is 235 cm³/mol. The van der Waals surface area contributed by atoms with Crippen LogP contribution in [-0.2, 0) is 0 Å². The third kappa shape index (κ3) is 24.9. The predicted octanol–water partition coefficient (Wildman–Crippen LogP) is 15.8. The van der Waals surface area contributed by atoms with Crippen LogP contribution >= 0.6 is 23.7 Å². The van der Waals surface area contributed by atoms with E-state index < -0.39 is 0 Å². The number of hydrazone groups is 1. The fourth-order valence-corrected chi connectivity index (χ4v) is 9.04. The van der Waals surface area contributed by atoms with Gasteiger partial charge in [-0.2, -0.15) is 9.52 Å². The average molecular weight is 759 g/mol. The highest BCUT2D eigenvalue weighted by atomic mass is 32.2. The Kier molecular flexibility index (Phi) is 31.9. The molecular weight excluding hydrogens is 677 g/mol. The molecule has 0 atom stereocenters. The van der Waals surface area contributed by atoms with Crippen molar-refractivity contribution in [3.8, 4) is 0 Å². The van der Waals surface area contributed by atoms with E-state index in [2.05, 4.69) is 24.5 Å². The summed E-state index contributed by atoms with van der Waals surface area (Å²) in [7, 11) is 0. The molecule has 2 rings (SSSR count). The first-order valence-electron chi connectivity index (χ1n) is 22.4. The van der Waals surface area contributed by atoms with E-state index in [1.807, 2.05) is 52.7 Å². The van der Waals surface area contributed by atoms with Crippen molar-refractivity contribution < 1.29 is 5.21 Å². The van der Waals surface area contributed by atoms with Gasteiger partial charge >= 0.3 is 0 Å². The van der Waals surface area contributed by atoms with Gasteiger partial charge in [-0.15, -0.1) is 11.8 Å². The quantitative estimate of drug-likeness (QED) is 0.0398. The number of hydrogen-bond acceptors (Lipinski definition) is 7. The smallest absolute Gasteiger partial charge is 0.181 e. The van der Waals surface area contributed by atoms with E-state index in [9.17, 15) is 5.21 Å². The van der Waals surface area contributed by atoms with Crippen molar-refractivity contribution in [3.05, 3.63) is 41.1 Å². The van der Waals surface area contributed by atoms with Gasteiger partial charge in [-0.25, -0.2) is 10.6 Å². The SMILES string of the molecule is CCCCCCCCCCCCCCCCCCSC1=C(N(O)c2ccccc2)N(SCCCCCCCCCCCCCCCCCC)NN=C1. The fourth-order valence-electron chi connectivity index (χ4n) is 7.06. The Labute approximate surface area is 331 Å². The molecule has 0 saturated carbocycles. The van der Waals surface area contributed by atoms with Gasteiger partial charge < -0.3 is 0 Å². The van der Waals surface area contributed by atoms with Crippen molar-refractivity contribution in [2.75, 3.05) is 16.6 Å². The summed E-state index contributed by atoms with van der Waals surface area (Å²) in [5, 5.41) is 17.2. The molecule has 1 heterocycles. The summed E-state index contributed by atoms with van der Waals surface area (Å²) in [6.07, 6.45) is 46.3. The number of hydrogen-bond donors (Lipinski definition) is 2. The maximum Gasteiger partial charge on any atom is 0.181 e. The number of nitrogens with one attached hydrogen (secondary N) is 1.